The third-order valence-corrected chi connectivity index (χ3v) is 8.52. The van der Waals surface area contributed by atoms with Crippen molar-refractivity contribution in [2.24, 2.45) is 11.8 Å². The first-order valence-corrected chi connectivity index (χ1v) is 13.4. The van der Waals surface area contributed by atoms with Gasteiger partial charge in [-0.1, -0.05) is 48.0 Å². The third kappa shape index (κ3) is 3.88. The van der Waals surface area contributed by atoms with Crippen LogP contribution in [-0.4, -0.2) is 54.5 Å². The number of amides is 3. The Balaban J connectivity index is 1.37. The van der Waals surface area contributed by atoms with Crippen molar-refractivity contribution in [1.29, 1.82) is 0 Å². The molecule has 1 spiro atoms. The van der Waals surface area contributed by atoms with E-state index in [-0.39, 0.29) is 6.54 Å². The topological polar surface area (TPSA) is 117 Å². The first kappa shape index (κ1) is 26.3. The maximum absolute atomic E-state index is 14.0. The van der Waals surface area contributed by atoms with E-state index in [0.29, 0.717) is 39.8 Å². The number of halogens is 1. The summed E-state index contributed by atoms with van der Waals surface area (Å²) in [5.41, 5.74) is 1.04. The zero-order valence-electron chi connectivity index (χ0n) is 21.9. The predicted molar refractivity (Wildman–Crippen MR) is 147 cm³/mol. The maximum Gasteiger partial charge on any atom is 0.250 e. The number of likely N-dealkylation sites (tertiary alicyclic amines) is 1. The summed E-state index contributed by atoms with van der Waals surface area (Å²) in [6.45, 7) is 0.114. The molecule has 0 unspecified atom stereocenters. The molecule has 10 heteroatoms. The smallest absolute Gasteiger partial charge is 0.250 e. The predicted octanol–water partition coefficient (Wildman–Crippen LogP) is 3.05. The number of imide groups is 1. The molecule has 2 fully saturated rings. The number of para-hydroxylation sites is 1. The van der Waals surface area contributed by atoms with Crippen LogP contribution in [0.15, 0.2) is 66.7 Å². The molecule has 2 saturated heterocycles. The van der Waals surface area contributed by atoms with Gasteiger partial charge in [0.25, 0.3) is 0 Å². The highest BCUT2D eigenvalue weighted by Crippen LogP contribution is 2.54. The molecule has 5 atom stereocenters. The SMILES string of the molecule is COc1ccc(CCN2C(=O)[C@@H]3[C@H]([C@H](O)c4ccc(Cl)cc4)N[C@]4(C(=O)Nc5ccccc54)[C@H]3C2=O)cc1OC. The summed E-state index contributed by atoms with van der Waals surface area (Å²) < 4.78 is 10.7. The normalized spacial score (nSPS) is 25.6. The van der Waals surface area contributed by atoms with E-state index >= 15 is 0 Å². The van der Waals surface area contributed by atoms with E-state index in [1.165, 1.54) is 4.90 Å². The van der Waals surface area contributed by atoms with Gasteiger partial charge in [-0.2, -0.15) is 0 Å². The molecule has 3 amide bonds. The van der Waals surface area contributed by atoms with Crippen molar-refractivity contribution in [1.82, 2.24) is 10.2 Å². The van der Waals surface area contributed by atoms with E-state index in [9.17, 15) is 19.5 Å². The highest BCUT2D eigenvalue weighted by atomic mass is 35.5. The summed E-state index contributed by atoms with van der Waals surface area (Å²) in [6, 6.07) is 18.3. The quantitative estimate of drug-likeness (QED) is 0.380. The van der Waals surface area contributed by atoms with Gasteiger partial charge in [-0.25, -0.2) is 0 Å². The summed E-state index contributed by atoms with van der Waals surface area (Å²) >= 11 is 6.05. The lowest BCUT2D eigenvalue weighted by atomic mass is 9.76. The number of ether oxygens (including phenoxy) is 2. The second-order valence-electron chi connectivity index (χ2n) is 10.2. The number of aliphatic hydroxyl groups excluding tert-OH is 1. The average molecular weight is 562 g/mol. The van der Waals surface area contributed by atoms with Crippen molar-refractivity contribution in [2.45, 2.75) is 24.1 Å². The zero-order chi connectivity index (χ0) is 28.2. The molecule has 3 heterocycles. The van der Waals surface area contributed by atoms with Crippen molar-refractivity contribution in [3.8, 4) is 11.5 Å². The van der Waals surface area contributed by atoms with Crippen LogP contribution in [0.3, 0.4) is 0 Å². The van der Waals surface area contributed by atoms with Crippen molar-refractivity contribution in [3.05, 3.63) is 88.4 Å². The molecule has 3 aromatic carbocycles. The summed E-state index contributed by atoms with van der Waals surface area (Å²) in [5, 5.41) is 18.1. The van der Waals surface area contributed by atoms with E-state index in [1.54, 1.807) is 68.8 Å². The molecule has 206 valence electrons. The van der Waals surface area contributed by atoms with Crippen LogP contribution < -0.4 is 20.1 Å². The van der Waals surface area contributed by atoms with Gasteiger partial charge in [0.1, 0.15) is 5.54 Å². The lowest BCUT2D eigenvalue weighted by molar-refractivity contribution is -0.143. The fourth-order valence-corrected chi connectivity index (χ4v) is 6.51. The Morgan fingerprint density at radius 2 is 1.70 bits per heavy atom. The number of hydrogen-bond acceptors (Lipinski definition) is 7. The Kier molecular flexibility index (Phi) is 6.53. The van der Waals surface area contributed by atoms with E-state index < -0.39 is 47.2 Å². The van der Waals surface area contributed by atoms with Gasteiger partial charge in [0, 0.05) is 22.8 Å². The zero-order valence-corrected chi connectivity index (χ0v) is 22.6. The van der Waals surface area contributed by atoms with Crippen LogP contribution >= 0.6 is 11.6 Å². The number of fused-ring (bicyclic) bond motifs is 4. The Hall–Kier alpha value is -3.92. The highest BCUT2D eigenvalue weighted by Gasteiger charge is 2.71. The van der Waals surface area contributed by atoms with Gasteiger partial charge >= 0.3 is 0 Å². The summed E-state index contributed by atoms with van der Waals surface area (Å²) in [5.74, 6) is -2.15. The van der Waals surface area contributed by atoms with Crippen LogP contribution in [0.4, 0.5) is 5.69 Å². The summed E-state index contributed by atoms with van der Waals surface area (Å²) in [4.78, 5) is 42.9. The largest absolute Gasteiger partial charge is 0.493 e. The molecule has 0 radical (unpaired) electrons. The Morgan fingerprint density at radius 1 is 0.975 bits per heavy atom. The van der Waals surface area contributed by atoms with Crippen LogP contribution in [0.2, 0.25) is 5.02 Å². The molecule has 9 nitrogen and oxygen atoms in total. The Bertz CT molecular complexity index is 1510. The van der Waals surface area contributed by atoms with Crippen LogP contribution in [0.1, 0.15) is 22.8 Å². The summed E-state index contributed by atoms with van der Waals surface area (Å²) in [6.07, 6.45) is -0.794. The highest BCUT2D eigenvalue weighted by molar-refractivity contribution is 6.30. The minimum absolute atomic E-state index is 0.114. The van der Waals surface area contributed by atoms with Gasteiger partial charge in [-0.15, -0.1) is 0 Å². The van der Waals surface area contributed by atoms with Crippen molar-refractivity contribution < 1.29 is 29.0 Å². The number of carbonyl (C=O) groups excluding carboxylic acids is 3. The molecule has 6 rings (SSSR count). The second-order valence-corrected chi connectivity index (χ2v) is 10.7. The van der Waals surface area contributed by atoms with E-state index in [1.807, 2.05) is 12.1 Å². The van der Waals surface area contributed by atoms with E-state index in [4.69, 9.17) is 21.1 Å². The molecule has 0 aromatic heterocycles. The average Bonchev–Trinajstić information content (AvgIpc) is 3.56. The van der Waals surface area contributed by atoms with Crippen molar-refractivity contribution in [3.63, 3.8) is 0 Å². The van der Waals surface area contributed by atoms with E-state index in [0.717, 1.165) is 5.56 Å². The van der Waals surface area contributed by atoms with E-state index in [2.05, 4.69) is 10.6 Å². The molecular weight excluding hydrogens is 534 g/mol. The Morgan fingerprint density at radius 3 is 2.42 bits per heavy atom. The number of carbonyl (C=O) groups is 3. The number of nitrogens with one attached hydrogen (secondary N) is 2. The molecule has 3 N–H and O–H groups in total. The van der Waals surface area contributed by atoms with Crippen molar-refractivity contribution >= 4 is 35.0 Å². The number of hydrogen-bond donors (Lipinski definition) is 3. The minimum Gasteiger partial charge on any atom is -0.493 e. The monoisotopic (exact) mass is 561 g/mol. The molecule has 0 saturated carbocycles. The molecule has 3 aliphatic rings. The maximum atomic E-state index is 14.0. The number of benzene rings is 3. The molecule has 0 aliphatic carbocycles. The van der Waals surface area contributed by atoms with Gasteiger partial charge in [-0.3, -0.25) is 24.6 Å². The van der Waals surface area contributed by atoms with Crippen LogP contribution in [0, 0.1) is 11.8 Å². The minimum atomic E-state index is -1.50. The van der Waals surface area contributed by atoms with Crippen LogP contribution in [0.25, 0.3) is 0 Å². The molecule has 0 bridgehead atoms. The first-order chi connectivity index (χ1) is 19.3. The number of nitrogens with zero attached hydrogens (tertiary/aromatic N) is 1. The standard InChI is InChI=1S/C30H28ClN3O6/c1-39-21-12-7-16(15-22(21)40-2)13-14-34-27(36)23-24(28(34)37)30(19-5-3-4-6-20(19)32-29(30)38)33-25(23)26(35)17-8-10-18(31)11-9-17/h3-12,15,23-26,33,35H,13-14H2,1-2H3,(H,32,38)/t23-,24+,25+,26+,30-/m0/s1. The lowest BCUT2D eigenvalue weighted by Crippen LogP contribution is -2.54. The van der Waals surface area contributed by atoms with Crippen molar-refractivity contribution in [2.75, 3.05) is 26.1 Å². The summed E-state index contributed by atoms with van der Waals surface area (Å²) in [7, 11) is 3.09. The molecule has 3 aliphatic heterocycles. The fourth-order valence-electron chi connectivity index (χ4n) is 6.38. The Labute approximate surface area is 236 Å². The second kappa shape index (κ2) is 9.92. The number of anilines is 1. The number of rotatable bonds is 7. The van der Waals surface area contributed by atoms with Gasteiger partial charge in [0.2, 0.25) is 17.7 Å². The van der Waals surface area contributed by atoms with Gasteiger partial charge < -0.3 is 19.9 Å². The van der Waals surface area contributed by atoms with Crippen LogP contribution in [-0.2, 0) is 26.3 Å². The van der Waals surface area contributed by atoms with Gasteiger partial charge in [-0.05, 0) is 47.9 Å². The molecular formula is C30H28ClN3O6. The number of methoxy groups -OCH3 is 2. The first-order valence-electron chi connectivity index (χ1n) is 13.0. The number of aliphatic hydroxyl groups is 1. The molecule has 3 aromatic rings. The van der Waals surface area contributed by atoms with Gasteiger partial charge in [0.15, 0.2) is 11.5 Å². The third-order valence-electron chi connectivity index (χ3n) is 8.27. The van der Waals surface area contributed by atoms with Gasteiger partial charge in [0.05, 0.1) is 38.2 Å². The fraction of sp³-hybridized carbons (Fsp3) is 0.300. The molecule has 40 heavy (non-hydrogen) atoms. The lowest BCUT2D eigenvalue weighted by Gasteiger charge is -2.30. The van der Waals surface area contributed by atoms with Crippen LogP contribution in [0.5, 0.6) is 11.5 Å².